The third-order valence-electron chi connectivity index (χ3n) is 3.22. The highest BCUT2D eigenvalue weighted by Gasteiger charge is 2.28. The molecule has 1 fully saturated rings. The molecule has 1 N–H and O–H groups in total. The number of nitrogens with one attached hydrogen (secondary N) is 1. The number of nitrogens with zero attached hydrogens (tertiary/aromatic N) is 1. The van der Waals surface area contributed by atoms with E-state index in [0.717, 1.165) is 18.7 Å². The van der Waals surface area contributed by atoms with E-state index in [0.29, 0.717) is 17.7 Å². The molecule has 1 heterocycles. The molecule has 0 aliphatic carbocycles. The van der Waals surface area contributed by atoms with Gasteiger partial charge in [-0.3, -0.25) is 10.1 Å². The number of hydrogen-bond donors (Lipinski definition) is 1. The van der Waals surface area contributed by atoms with Crippen LogP contribution in [0.1, 0.15) is 19.4 Å². The van der Waals surface area contributed by atoms with Crippen LogP contribution in [-0.2, 0) is 16.1 Å². The lowest BCUT2D eigenvalue weighted by molar-refractivity contribution is -0.385. The maximum absolute atomic E-state index is 10.9. The van der Waals surface area contributed by atoms with Crippen molar-refractivity contribution in [2.75, 3.05) is 19.7 Å². The molecule has 0 spiro atoms. The van der Waals surface area contributed by atoms with Gasteiger partial charge >= 0.3 is 0 Å². The predicted octanol–water partition coefficient (Wildman–Crippen LogP) is 2.64. The van der Waals surface area contributed by atoms with Gasteiger partial charge in [0.15, 0.2) is 0 Å². The van der Waals surface area contributed by atoms with E-state index in [-0.39, 0.29) is 17.4 Å². The van der Waals surface area contributed by atoms with Gasteiger partial charge in [-0.25, -0.2) is 0 Å². The Balaban J connectivity index is 1.89. The van der Waals surface area contributed by atoms with Crippen LogP contribution in [-0.4, -0.2) is 36.3 Å². The Morgan fingerprint density at radius 1 is 1.57 bits per heavy atom. The van der Waals surface area contributed by atoms with E-state index in [2.05, 4.69) is 21.2 Å². The fourth-order valence-electron chi connectivity index (χ4n) is 2.28. The molecule has 1 aromatic carbocycles. The van der Waals surface area contributed by atoms with Crippen molar-refractivity contribution in [3.05, 3.63) is 38.3 Å². The van der Waals surface area contributed by atoms with Crippen molar-refractivity contribution >= 4 is 21.6 Å². The summed E-state index contributed by atoms with van der Waals surface area (Å²) in [6.45, 7) is 6.39. The maximum Gasteiger partial charge on any atom is 0.283 e. The van der Waals surface area contributed by atoms with Gasteiger partial charge in [0.05, 0.1) is 29.8 Å². The molecule has 21 heavy (non-hydrogen) atoms. The molecule has 0 amide bonds. The van der Waals surface area contributed by atoms with Gasteiger partial charge in [0, 0.05) is 19.2 Å². The zero-order chi connectivity index (χ0) is 15.5. The largest absolute Gasteiger partial charge is 0.374 e. The minimum absolute atomic E-state index is 0.00813. The summed E-state index contributed by atoms with van der Waals surface area (Å²) in [5.74, 6) is 0. The lowest BCUT2D eigenvalue weighted by atomic mass is 10.1. The number of ether oxygens (including phenoxy) is 2. The van der Waals surface area contributed by atoms with Crippen LogP contribution < -0.4 is 5.32 Å². The van der Waals surface area contributed by atoms with E-state index in [4.69, 9.17) is 9.47 Å². The monoisotopic (exact) mass is 358 g/mol. The number of hydrogen-bond acceptors (Lipinski definition) is 5. The second-order valence-corrected chi connectivity index (χ2v) is 6.45. The Labute approximate surface area is 132 Å². The van der Waals surface area contributed by atoms with Crippen LogP contribution in [0.3, 0.4) is 0 Å². The third kappa shape index (κ3) is 4.47. The zero-order valence-corrected chi connectivity index (χ0v) is 13.7. The molecule has 1 unspecified atom stereocenters. The van der Waals surface area contributed by atoms with E-state index in [1.165, 1.54) is 6.07 Å². The first-order valence-corrected chi connectivity index (χ1v) is 7.56. The van der Waals surface area contributed by atoms with Gasteiger partial charge in [0.1, 0.15) is 4.47 Å². The summed E-state index contributed by atoms with van der Waals surface area (Å²) in [5.41, 5.74) is 0.610. The number of halogens is 1. The molecule has 116 valence electrons. The molecular formula is C14H19BrN2O4. The molecule has 1 atom stereocenters. The van der Waals surface area contributed by atoms with Crippen LogP contribution in [0.25, 0.3) is 0 Å². The van der Waals surface area contributed by atoms with Gasteiger partial charge in [0.2, 0.25) is 0 Å². The van der Waals surface area contributed by atoms with Crippen molar-refractivity contribution in [2.45, 2.75) is 32.2 Å². The molecule has 2 rings (SSSR count). The Morgan fingerprint density at radius 2 is 2.33 bits per heavy atom. The van der Waals surface area contributed by atoms with Crippen molar-refractivity contribution < 1.29 is 14.4 Å². The van der Waals surface area contributed by atoms with E-state index >= 15 is 0 Å². The molecule has 7 heteroatoms. The standard InChI is InChI=1S/C14H19BrN2O4/c1-14(2)9-16-6-11(21-14)8-20-7-10-4-3-5-12(13(10)15)17(18)19/h3-5,11,16H,6-9H2,1-2H3. The second kappa shape index (κ2) is 6.83. The highest BCUT2D eigenvalue weighted by molar-refractivity contribution is 9.10. The van der Waals surface area contributed by atoms with E-state index in [1.807, 2.05) is 13.8 Å². The molecule has 0 aromatic heterocycles. The van der Waals surface area contributed by atoms with Gasteiger partial charge < -0.3 is 14.8 Å². The highest BCUT2D eigenvalue weighted by atomic mass is 79.9. The molecule has 0 saturated carbocycles. The third-order valence-corrected chi connectivity index (χ3v) is 4.14. The smallest absolute Gasteiger partial charge is 0.283 e. The van der Waals surface area contributed by atoms with Gasteiger partial charge in [-0.2, -0.15) is 0 Å². The van der Waals surface area contributed by atoms with E-state index in [1.54, 1.807) is 12.1 Å². The molecule has 0 radical (unpaired) electrons. The Hall–Kier alpha value is -1.02. The molecule has 0 bridgehead atoms. The molecule has 6 nitrogen and oxygen atoms in total. The molecule has 1 aliphatic heterocycles. The SMILES string of the molecule is CC1(C)CNCC(COCc2cccc([N+](=O)[O-])c2Br)O1. The average molecular weight is 359 g/mol. The average Bonchev–Trinajstić information content (AvgIpc) is 2.39. The van der Waals surface area contributed by atoms with E-state index < -0.39 is 4.92 Å². The number of benzene rings is 1. The Morgan fingerprint density at radius 3 is 3.00 bits per heavy atom. The summed E-state index contributed by atoms with van der Waals surface area (Å²) in [6, 6.07) is 4.93. The molecule has 1 aliphatic rings. The first-order chi connectivity index (χ1) is 9.89. The van der Waals surface area contributed by atoms with E-state index in [9.17, 15) is 10.1 Å². The van der Waals surface area contributed by atoms with Gasteiger partial charge in [0.25, 0.3) is 5.69 Å². The molecule has 1 aromatic rings. The molecular weight excluding hydrogens is 340 g/mol. The van der Waals surface area contributed by atoms with Crippen molar-refractivity contribution in [3.63, 3.8) is 0 Å². The minimum Gasteiger partial charge on any atom is -0.374 e. The summed E-state index contributed by atoms with van der Waals surface area (Å²) in [7, 11) is 0. The predicted molar refractivity (Wildman–Crippen MR) is 82.3 cm³/mol. The zero-order valence-electron chi connectivity index (χ0n) is 12.1. The van der Waals surface area contributed by atoms with Gasteiger partial charge in [-0.15, -0.1) is 0 Å². The summed E-state index contributed by atoms with van der Waals surface area (Å²) >= 11 is 3.26. The summed E-state index contributed by atoms with van der Waals surface area (Å²) in [6.07, 6.45) is -0.00813. The number of rotatable bonds is 5. The lowest BCUT2D eigenvalue weighted by Gasteiger charge is -2.36. The van der Waals surface area contributed by atoms with Crippen LogP contribution in [0.2, 0.25) is 0 Å². The van der Waals surface area contributed by atoms with Crippen molar-refractivity contribution in [1.82, 2.24) is 5.32 Å². The normalized spacial score (nSPS) is 21.2. The molecule has 1 saturated heterocycles. The maximum atomic E-state index is 10.9. The van der Waals surface area contributed by atoms with Gasteiger partial charge in [-0.1, -0.05) is 12.1 Å². The quantitative estimate of drug-likeness (QED) is 0.646. The van der Waals surface area contributed by atoms with Crippen molar-refractivity contribution in [1.29, 1.82) is 0 Å². The van der Waals surface area contributed by atoms with Crippen LogP contribution in [0.5, 0.6) is 0 Å². The lowest BCUT2D eigenvalue weighted by Crippen LogP contribution is -2.51. The second-order valence-electron chi connectivity index (χ2n) is 5.65. The summed E-state index contributed by atoms with van der Waals surface area (Å²) in [5, 5.41) is 14.2. The minimum atomic E-state index is -0.412. The van der Waals surface area contributed by atoms with Crippen LogP contribution >= 0.6 is 15.9 Å². The topological polar surface area (TPSA) is 73.6 Å². The fraction of sp³-hybridized carbons (Fsp3) is 0.571. The number of nitro benzene ring substituents is 1. The Bertz CT molecular complexity index is 522. The number of nitro groups is 1. The Kier molecular flexibility index (Phi) is 5.32. The first kappa shape index (κ1) is 16.4. The summed E-state index contributed by atoms with van der Waals surface area (Å²) < 4.78 is 12.0. The van der Waals surface area contributed by atoms with Crippen LogP contribution in [0, 0.1) is 10.1 Å². The fourth-order valence-corrected chi connectivity index (χ4v) is 2.80. The first-order valence-electron chi connectivity index (χ1n) is 6.77. The highest BCUT2D eigenvalue weighted by Crippen LogP contribution is 2.28. The van der Waals surface area contributed by atoms with Crippen LogP contribution in [0.15, 0.2) is 22.7 Å². The van der Waals surface area contributed by atoms with Crippen molar-refractivity contribution in [3.8, 4) is 0 Å². The van der Waals surface area contributed by atoms with Gasteiger partial charge in [-0.05, 0) is 35.3 Å². The van der Waals surface area contributed by atoms with Crippen LogP contribution in [0.4, 0.5) is 5.69 Å². The number of morpholine rings is 1. The van der Waals surface area contributed by atoms with Crippen molar-refractivity contribution in [2.24, 2.45) is 0 Å². The summed E-state index contributed by atoms with van der Waals surface area (Å²) in [4.78, 5) is 10.5.